The highest BCUT2D eigenvalue weighted by atomic mass is 32.2. The van der Waals surface area contributed by atoms with Crippen molar-refractivity contribution in [3.63, 3.8) is 0 Å². The molecule has 0 spiro atoms. The standard InChI is InChI=1S/C41H37F3N8O5S/c1-55-31-13-7-26(8-14-31)23-51(24-27-9-15-32(56-2)16-10-27)58(53,54)39-37(41(42,43)44)20-19-35(34-6-4-5-29-21-30(46-48-45)22-36(29)34)38(39)40-47-49-50-52(40)25-28-11-17-33(57-3)18-12-28/h4-20,30H,21-25H2,1-3H3. The predicted octanol–water partition coefficient (Wildman–Crippen LogP) is 8.27. The molecule has 1 atom stereocenters. The van der Waals surface area contributed by atoms with Crippen LogP contribution in [0, 0.1) is 0 Å². The molecule has 0 saturated carbocycles. The Morgan fingerprint density at radius 2 is 1.36 bits per heavy atom. The Bertz CT molecular complexity index is 2530. The summed E-state index contributed by atoms with van der Waals surface area (Å²) in [6.07, 6.45) is -4.45. The Balaban J connectivity index is 1.50. The first-order valence-corrected chi connectivity index (χ1v) is 19.4. The van der Waals surface area contributed by atoms with Crippen molar-refractivity contribution >= 4 is 10.0 Å². The Hall–Kier alpha value is -6.42. The van der Waals surface area contributed by atoms with Gasteiger partial charge in [-0.3, -0.25) is 0 Å². The Kier molecular flexibility index (Phi) is 11.4. The van der Waals surface area contributed by atoms with Crippen LogP contribution in [0.25, 0.3) is 33.0 Å². The molecule has 0 fully saturated rings. The molecule has 58 heavy (non-hydrogen) atoms. The summed E-state index contributed by atoms with van der Waals surface area (Å²) < 4.78 is 95.5. The molecular formula is C41H37F3N8O5S. The first-order valence-electron chi connectivity index (χ1n) is 18.0. The fourth-order valence-electron chi connectivity index (χ4n) is 7.17. The number of halogens is 3. The minimum atomic E-state index is -5.14. The van der Waals surface area contributed by atoms with Gasteiger partial charge in [0.15, 0.2) is 5.82 Å². The summed E-state index contributed by atoms with van der Waals surface area (Å²) in [5, 5.41) is 16.2. The maximum absolute atomic E-state index is 15.5. The van der Waals surface area contributed by atoms with Gasteiger partial charge in [0.2, 0.25) is 10.0 Å². The molecule has 1 aliphatic rings. The lowest BCUT2D eigenvalue weighted by atomic mass is 9.91. The highest BCUT2D eigenvalue weighted by Crippen LogP contribution is 2.47. The van der Waals surface area contributed by atoms with E-state index in [9.17, 15) is 5.53 Å². The summed E-state index contributed by atoms with van der Waals surface area (Å²) >= 11 is 0. The molecule has 0 N–H and O–H groups in total. The minimum absolute atomic E-state index is 0.0191. The maximum Gasteiger partial charge on any atom is 0.417 e. The Labute approximate surface area is 332 Å². The van der Waals surface area contributed by atoms with E-state index in [1.807, 2.05) is 6.07 Å². The maximum atomic E-state index is 15.5. The molecule has 17 heteroatoms. The molecule has 0 radical (unpaired) electrons. The number of ether oxygens (including phenoxy) is 3. The van der Waals surface area contributed by atoms with E-state index < -0.39 is 32.7 Å². The summed E-state index contributed by atoms with van der Waals surface area (Å²) in [6.45, 7) is -0.621. The second-order valence-electron chi connectivity index (χ2n) is 13.6. The number of azide groups is 1. The van der Waals surface area contributed by atoms with Gasteiger partial charge in [-0.05, 0) is 110 Å². The van der Waals surface area contributed by atoms with Gasteiger partial charge < -0.3 is 14.2 Å². The number of rotatable bonds is 14. The fraction of sp³-hybridized carbons (Fsp3) is 0.244. The number of hydrogen-bond donors (Lipinski definition) is 0. The molecule has 1 unspecified atom stereocenters. The lowest BCUT2D eigenvalue weighted by Crippen LogP contribution is -2.32. The van der Waals surface area contributed by atoms with Crippen LogP contribution in [0.15, 0.2) is 113 Å². The third-order valence-corrected chi connectivity index (χ3v) is 11.9. The minimum Gasteiger partial charge on any atom is -0.497 e. The van der Waals surface area contributed by atoms with Crippen LogP contribution in [-0.4, -0.2) is 60.3 Å². The summed E-state index contributed by atoms with van der Waals surface area (Å²) in [7, 11) is -0.602. The van der Waals surface area contributed by atoms with E-state index >= 15 is 21.6 Å². The number of aromatic nitrogens is 4. The van der Waals surface area contributed by atoms with Gasteiger partial charge in [-0.15, -0.1) is 5.10 Å². The van der Waals surface area contributed by atoms with Crippen LogP contribution in [-0.2, 0) is 48.7 Å². The zero-order valence-corrected chi connectivity index (χ0v) is 32.4. The number of benzene rings is 5. The van der Waals surface area contributed by atoms with Crippen molar-refractivity contribution in [2.45, 2.75) is 49.6 Å². The van der Waals surface area contributed by atoms with Gasteiger partial charge in [-0.1, -0.05) is 65.8 Å². The van der Waals surface area contributed by atoms with Gasteiger partial charge in [0.05, 0.1) is 33.4 Å². The van der Waals surface area contributed by atoms with E-state index in [0.29, 0.717) is 51.5 Å². The summed E-state index contributed by atoms with van der Waals surface area (Å²) in [4.78, 5) is 1.97. The van der Waals surface area contributed by atoms with E-state index in [2.05, 4.69) is 25.6 Å². The molecular weight excluding hydrogens is 774 g/mol. The Morgan fingerprint density at radius 3 is 1.90 bits per heavy atom. The van der Waals surface area contributed by atoms with Crippen LogP contribution in [0.3, 0.4) is 0 Å². The first-order chi connectivity index (χ1) is 27.9. The van der Waals surface area contributed by atoms with Crippen molar-refractivity contribution in [3.8, 4) is 39.8 Å². The quantitative estimate of drug-likeness (QED) is 0.0605. The third kappa shape index (κ3) is 8.18. The van der Waals surface area contributed by atoms with Gasteiger partial charge >= 0.3 is 6.18 Å². The Morgan fingerprint density at radius 1 is 0.793 bits per heavy atom. The molecule has 0 aliphatic heterocycles. The molecule has 1 aromatic heterocycles. The highest BCUT2D eigenvalue weighted by molar-refractivity contribution is 7.89. The number of alkyl halides is 3. The molecule has 0 bridgehead atoms. The summed E-state index contributed by atoms with van der Waals surface area (Å²) in [6, 6.07) is 27.1. The van der Waals surface area contributed by atoms with Crippen molar-refractivity contribution in [1.29, 1.82) is 0 Å². The van der Waals surface area contributed by atoms with Crippen molar-refractivity contribution < 1.29 is 35.8 Å². The third-order valence-electron chi connectivity index (χ3n) is 10.0. The van der Waals surface area contributed by atoms with Gasteiger partial charge in [0.25, 0.3) is 0 Å². The predicted molar refractivity (Wildman–Crippen MR) is 209 cm³/mol. The smallest absolute Gasteiger partial charge is 0.417 e. The van der Waals surface area contributed by atoms with Crippen molar-refractivity contribution in [1.82, 2.24) is 24.5 Å². The molecule has 298 valence electrons. The number of fused-ring (bicyclic) bond motifs is 1. The second kappa shape index (κ2) is 16.6. The lowest BCUT2D eigenvalue weighted by molar-refractivity contribution is -0.139. The van der Waals surface area contributed by atoms with Gasteiger partial charge in [-0.25, -0.2) is 13.1 Å². The van der Waals surface area contributed by atoms with E-state index in [4.69, 9.17) is 14.2 Å². The van der Waals surface area contributed by atoms with E-state index in [-0.39, 0.29) is 43.0 Å². The average Bonchev–Trinajstić information content (AvgIpc) is 3.87. The van der Waals surface area contributed by atoms with Crippen LogP contribution < -0.4 is 14.2 Å². The molecule has 13 nitrogen and oxygen atoms in total. The summed E-state index contributed by atoms with van der Waals surface area (Å²) in [5.41, 5.74) is 11.3. The van der Waals surface area contributed by atoms with Crippen LogP contribution in [0.1, 0.15) is 33.4 Å². The monoisotopic (exact) mass is 810 g/mol. The normalized spacial score (nSPS) is 13.9. The zero-order valence-electron chi connectivity index (χ0n) is 31.6. The van der Waals surface area contributed by atoms with Gasteiger partial charge in [0.1, 0.15) is 22.1 Å². The zero-order chi connectivity index (χ0) is 41.0. The van der Waals surface area contributed by atoms with Crippen molar-refractivity contribution in [3.05, 3.63) is 147 Å². The van der Waals surface area contributed by atoms with Crippen molar-refractivity contribution in [2.24, 2.45) is 5.11 Å². The number of sulfonamides is 1. The van der Waals surface area contributed by atoms with Crippen LogP contribution in [0.5, 0.6) is 17.2 Å². The lowest BCUT2D eigenvalue weighted by Gasteiger charge is -2.27. The molecule has 7 rings (SSSR count). The van der Waals surface area contributed by atoms with Crippen molar-refractivity contribution in [2.75, 3.05) is 21.3 Å². The number of hydrogen-bond acceptors (Lipinski definition) is 9. The van der Waals surface area contributed by atoms with Crippen LogP contribution in [0.2, 0.25) is 0 Å². The molecule has 6 aromatic rings. The summed E-state index contributed by atoms with van der Waals surface area (Å²) in [5.74, 6) is 1.42. The SMILES string of the molecule is COc1ccc(CN(Cc2ccc(OC)cc2)S(=O)(=O)c2c(C(F)(F)F)ccc(-c3cccc4c3CC(N=[N+]=[N-])C4)c2-c2nnnn2Cc2ccc(OC)cc2)cc1. The topological polar surface area (TPSA) is 157 Å². The molecule has 1 aliphatic carbocycles. The molecule has 0 saturated heterocycles. The van der Waals surface area contributed by atoms with Gasteiger partial charge in [-0.2, -0.15) is 17.5 Å². The number of tetrazole rings is 1. The van der Waals surface area contributed by atoms with Gasteiger partial charge in [0, 0.05) is 29.6 Å². The molecule has 0 amide bonds. The largest absolute Gasteiger partial charge is 0.497 e. The number of nitrogens with zero attached hydrogens (tertiary/aromatic N) is 8. The highest BCUT2D eigenvalue weighted by Gasteiger charge is 2.43. The second-order valence-corrected chi connectivity index (χ2v) is 15.4. The van der Waals surface area contributed by atoms with Crippen LogP contribution >= 0.6 is 0 Å². The number of methoxy groups -OCH3 is 3. The van der Waals surface area contributed by atoms with E-state index in [0.717, 1.165) is 15.9 Å². The van der Waals surface area contributed by atoms with Crippen LogP contribution in [0.4, 0.5) is 13.2 Å². The fourth-order valence-corrected chi connectivity index (χ4v) is 8.99. The average molecular weight is 811 g/mol. The van der Waals surface area contributed by atoms with E-state index in [1.54, 1.807) is 84.9 Å². The first kappa shape index (κ1) is 39.8. The molecule has 5 aromatic carbocycles. The van der Waals surface area contributed by atoms with E-state index in [1.165, 1.54) is 32.1 Å². The molecule has 1 heterocycles.